The van der Waals surface area contributed by atoms with Crippen LogP contribution in [0.3, 0.4) is 0 Å². The first kappa shape index (κ1) is 11.9. The number of nitrogens with one attached hydrogen (secondary N) is 1. The van der Waals surface area contributed by atoms with E-state index in [1.807, 2.05) is 19.2 Å². The van der Waals surface area contributed by atoms with Crippen molar-refractivity contribution in [3.8, 4) is 5.75 Å². The Morgan fingerprint density at radius 3 is 2.94 bits per heavy atom. The van der Waals surface area contributed by atoms with Gasteiger partial charge < -0.3 is 15.8 Å². The molecule has 0 heterocycles. The molecule has 1 amide bonds. The van der Waals surface area contributed by atoms with Crippen molar-refractivity contribution in [1.82, 2.24) is 5.32 Å². The van der Waals surface area contributed by atoms with E-state index in [2.05, 4.69) is 11.4 Å². The minimum Gasteiger partial charge on any atom is -0.497 e. The quantitative estimate of drug-likeness (QED) is 0.814. The fourth-order valence-electron chi connectivity index (χ4n) is 2.66. The molecule has 0 aliphatic heterocycles. The summed E-state index contributed by atoms with van der Waals surface area (Å²) in [5.41, 5.74) is 7.43. The SMILES string of the molecule is CNC1(CC(N)=O)CCc2ccc(OC)cc21. The molecule has 1 aromatic rings. The fourth-order valence-corrected chi connectivity index (χ4v) is 2.66. The Kier molecular flexibility index (Phi) is 3.07. The highest BCUT2D eigenvalue weighted by molar-refractivity contribution is 5.76. The van der Waals surface area contributed by atoms with Gasteiger partial charge in [0, 0.05) is 6.42 Å². The average molecular weight is 234 g/mol. The number of rotatable bonds is 4. The third kappa shape index (κ3) is 2.00. The van der Waals surface area contributed by atoms with Crippen molar-refractivity contribution in [2.45, 2.75) is 24.8 Å². The molecule has 1 aliphatic carbocycles. The van der Waals surface area contributed by atoms with Crippen molar-refractivity contribution in [3.05, 3.63) is 29.3 Å². The van der Waals surface area contributed by atoms with Gasteiger partial charge in [0.2, 0.25) is 5.91 Å². The van der Waals surface area contributed by atoms with Crippen LogP contribution >= 0.6 is 0 Å². The molecule has 1 aromatic carbocycles. The van der Waals surface area contributed by atoms with E-state index in [4.69, 9.17) is 10.5 Å². The van der Waals surface area contributed by atoms with Crippen LogP contribution in [0.2, 0.25) is 0 Å². The van der Waals surface area contributed by atoms with Crippen LogP contribution in [0.5, 0.6) is 5.75 Å². The molecule has 0 fully saturated rings. The summed E-state index contributed by atoms with van der Waals surface area (Å²) in [4.78, 5) is 11.2. The molecule has 17 heavy (non-hydrogen) atoms. The Morgan fingerprint density at radius 1 is 1.59 bits per heavy atom. The number of carbonyl (C=O) groups is 1. The van der Waals surface area contributed by atoms with E-state index >= 15 is 0 Å². The monoisotopic (exact) mass is 234 g/mol. The van der Waals surface area contributed by atoms with Gasteiger partial charge in [-0.05, 0) is 43.1 Å². The Balaban J connectivity index is 2.44. The number of amides is 1. The number of fused-ring (bicyclic) bond motifs is 1. The van der Waals surface area contributed by atoms with Crippen LogP contribution in [0.1, 0.15) is 24.0 Å². The molecule has 0 aromatic heterocycles. The molecule has 1 atom stereocenters. The van der Waals surface area contributed by atoms with Gasteiger partial charge in [-0.25, -0.2) is 0 Å². The van der Waals surface area contributed by atoms with Gasteiger partial charge in [-0.15, -0.1) is 0 Å². The minimum atomic E-state index is -0.324. The molecule has 1 aliphatic rings. The number of primary amides is 1. The summed E-state index contributed by atoms with van der Waals surface area (Å²) in [5.74, 6) is 0.532. The van der Waals surface area contributed by atoms with Gasteiger partial charge in [0.25, 0.3) is 0 Å². The van der Waals surface area contributed by atoms with Gasteiger partial charge in [0.05, 0.1) is 12.6 Å². The lowest BCUT2D eigenvalue weighted by Crippen LogP contribution is -2.41. The number of carbonyl (C=O) groups excluding carboxylic acids is 1. The predicted molar refractivity (Wildman–Crippen MR) is 65.9 cm³/mol. The van der Waals surface area contributed by atoms with Crippen molar-refractivity contribution in [2.24, 2.45) is 5.73 Å². The topological polar surface area (TPSA) is 64.3 Å². The van der Waals surface area contributed by atoms with E-state index in [1.165, 1.54) is 5.56 Å². The van der Waals surface area contributed by atoms with Gasteiger partial charge >= 0.3 is 0 Å². The van der Waals surface area contributed by atoms with Gasteiger partial charge in [-0.3, -0.25) is 4.79 Å². The number of hydrogen-bond acceptors (Lipinski definition) is 3. The van der Waals surface area contributed by atoms with E-state index in [1.54, 1.807) is 7.11 Å². The average Bonchev–Trinajstić information content (AvgIpc) is 2.67. The summed E-state index contributed by atoms with van der Waals surface area (Å²) >= 11 is 0. The van der Waals surface area contributed by atoms with E-state index < -0.39 is 0 Å². The highest BCUT2D eigenvalue weighted by Gasteiger charge is 2.38. The zero-order valence-corrected chi connectivity index (χ0v) is 10.2. The van der Waals surface area contributed by atoms with Crippen LogP contribution in [0.15, 0.2) is 18.2 Å². The second-order valence-corrected chi connectivity index (χ2v) is 4.50. The normalized spacial score (nSPS) is 22.2. The summed E-state index contributed by atoms with van der Waals surface area (Å²) in [6.07, 6.45) is 2.19. The number of hydrogen-bond donors (Lipinski definition) is 2. The van der Waals surface area contributed by atoms with Gasteiger partial charge in [0.1, 0.15) is 5.75 Å². The number of ether oxygens (including phenoxy) is 1. The molecular weight excluding hydrogens is 216 g/mol. The van der Waals surface area contributed by atoms with Crippen LogP contribution in [-0.4, -0.2) is 20.1 Å². The van der Waals surface area contributed by atoms with Crippen LogP contribution in [0.4, 0.5) is 0 Å². The van der Waals surface area contributed by atoms with Gasteiger partial charge in [-0.1, -0.05) is 6.07 Å². The third-order valence-electron chi connectivity index (χ3n) is 3.61. The summed E-state index contributed by atoms with van der Waals surface area (Å²) in [5, 5.41) is 3.26. The molecule has 1 unspecified atom stereocenters. The molecule has 2 rings (SSSR count). The maximum absolute atomic E-state index is 11.2. The van der Waals surface area contributed by atoms with Crippen molar-refractivity contribution in [3.63, 3.8) is 0 Å². The third-order valence-corrected chi connectivity index (χ3v) is 3.61. The summed E-state index contributed by atoms with van der Waals surface area (Å²) in [7, 11) is 3.52. The molecule has 3 N–H and O–H groups in total. The molecule has 0 spiro atoms. The maximum atomic E-state index is 11.2. The first-order valence-electron chi connectivity index (χ1n) is 5.76. The van der Waals surface area contributed by atoms with Crippen molar-refractivity contribution in [1.29, 1.82) is 0 Å². The van der Waals surface area contributed by atoms with Crippen LogP contribution in [0, 0.1) is 0 Å². The Labute approximate surface area is 101 Å². The standard InChI is InChI=1S/C13H18N2O2/c1-15-13(8-12(14)16)6-5-9-3-4-10(17-2)7-11(9)13/h3-4,7,15H,5-6,8H2,1-2H3,(H2,14,16). The lowest BCUT2D eigenvalue weighted by atomic mass is 9.88. The molecule has 0 radical (unpaired) electrons. The second-order valence-electron chi connectivity index (χ2n) is 4.50. The molecular formula is C13H18N2O2. The zero-order chi connectivity index (χ0) is 12.5. The first-order valence-corrected chi connectivity index (χ1v) is 5.76. The summed E-state index contributed by atoms with van der Waals surface area (Å²) in [6.45, 7) is 0. The van der Waals surface area contributed by atoms with Gasteiger partial charge in [0.15, 0.2) is 0 Å². The molecule has 0 saturated carbocycles. The summed E-state index contributed by atoms with van der Waals surface area (Å²) < 4.78 is 5.24. The van der Waals surface area contributed by atoms with E-state index in [0.717, 1.165) is 24.2 Å². The Hall–Kier alpha value is -1.55. The largest absolute Gasteiger partial charge is 0.497 e. The maximum Gasteiger partial charge on any atom is 0.219 e. The first-order chi connectivity index (χ1) is 8.11. The molecule has 4 nitrogen and oxygen atoms in total. The Bertz CT molecular complexity index is 445. The van der Waals surface area contributed by atoms with Gasteiger partial charge in [-0.2, -0.15) is 0 Å². The summed E-state index contributed by atoms with van der Waals surface area (Å²) in [6, 6.07) is 6.02. The van der Waals surface area contributed by atoms with E-state index in [0.29, 0.717) is 6.42 Å². The second kappa shape index (κ2) is 4.37. The van der Waals surface area contributed by atoms with Crippen molar-refractivity contribution in [2.75, 3.05) is 14.2 Å². The minimum absolute atomic E-state index is 0.282. The number of nitrogens with two attached hydrogens (primary N) is 1. The lowest BCUT2D eigenvalue weighted by molar-refractivity contribution is -0.119. The molecule has 4 heteroatoms. The Morgan fingerprint density at radius 2 is 2.35 bits per heavy atom. The molecule has 0 saturated heterocycles. The van der Waals surface area contributed by atoms with Crippen LogP contribution < -0.4 is 15.8 Å². The number of aryl methyl sites for hydroxylation is 1. The van der Waals surface area contributed by atoms with Crippen molar-refractivity contribution < 1.29 is 9.53 Å². The number of benzene rings is 1. The van der Waals surface area contributed by atoms with E-state index in [-0.39, 0.29) is 11.4 Å². The molecule has 0 bridgehead atoms. The van der Waals surface area contributed by atoms with E-state index in [9.17, 15) is 4.79 Å². The predicted octanol–water partition coefficient (Wildman–Crippen LogP) is 0.931. The van der Waals surface area contributed by atoms with Crippen molar-refractivity contribution >= 4 is 5.91 Å². The lowest BCUT2D eigenvalue weighted by Gasteiger charge is -2.29. The molecule has 92 valence electrons. The fraction of sp³-hybridized carbons (Fsp3) is 0.462. The number of methoxy groups -OCH3 is 1. The van der Waals surface area contributed by atoms with Crippen LogP contribution in [-0.2, 0) is 16.8 Å². The smallest absolute Gasteiger partial charge is 0.219 e. The zero-order valence-electron chi connectivity index (χ0n) is 10.2. The van der Waals surface area contributed by atoms with Crippen LogP contribution in [0.25, 0.3) is 0 Å². The highest BCUT2D eigenvalue weighted by atomic mass is 16.5. The highest BCUT2D eigenvalue weighted by Crippen LogP contribution is 2.40.